The number of methoxy groups -OCH3 is 1. The number of carboxylic acids is 1. The first-order chi connectivity index (χ1) is 15.7. The summed E-state index contributed by atoms with van der Waals surface area (Å²) >= 11 is 0. The lowest BCUT2D eigenvalue weighted by molar-refractivity contribution is -0.136. The molecule has 0 atom stereocenters. The number of carbonyl (C=O) groups excluding carboxylic acids is 1. The van der Waals surface area contributed by atoms with E-state index in [0.717, 1.165) is 43.2 Å². The molecule has 1 aromatic heterocycles. The molecule has 2 aromatic rings. The molecule has 1 saturated carbocycles. The van der Waals surface area contributed by atoms with Crippen molar-refractivity contribution in [1.82, 2.24) is 9.88 Å². The SMILES string of the molecule is CCC1CCC(NC(=O)c2c(C)c(-c3ccc(OC)c(C)c3)c(CC(=O)O)n(C)c2=O)CC1. The summed E-state index contributed by atoms with van der Waals surface area (Å²) < 4.78 is 6.66. The number of carboxylic acid groups (broad SMARTS) is 1. The molecular formula is C26H34N2O5. The van der Waals surface area contributed by atoms with Crippen LogP contribution in [-0.4, -0.2) is 34.7 Å². The highest BCUT2D eigenvalue weighted by molar-refractivity contribution is 5.98. The number of rotatable bonds is 7. The van der Waals surface area contributed by atoms with Crippen molar-refractivity contribution in [3.05, 3.63) is 50.9 Å². The van der Waals surface area contributed by atoms with Gasteiger partial charge in [0.1, 0.15) is 11.3 Å². The lowest BCUT2D eigenvalue weighted by atomic mass is 9.84. The van der Waals surface area contributed by atoms with Crippen LogP contribution in [0.5, 0.6) is 5.75 Å². The summed E-state index contributed by atoms with van der Waals surface area (Å²) in [7, 11) is 3.12. The summed E-state index contributed by atoms with van der Waals surface area (Å²) in [6.45, 7) is 5.82. The fraction of sp³-hybridized carbons (Fsp3) is 0.500. The molecule has 0 radical (unpaired) electrons. The molecule has 0 saturated heterocycles. The smallest absolute Gasteiger partial charge is 0.309 e. The van der Waals surface area contributed by atoms with Gasteiger partial charge in [-0.3, -0.25) is 14.4 Å². The maximum absolute atomic E-state index is 13.3. The highest BCUT2D eigenvalue weighted by Gasteiger charge is 2.27. The molecule has 3 rings (SSSR count). The summed E-state index contributed by atoms with van der Waals surface area (Å²) in [4.78, 5) is 38.1. The van der Waals surface area contributed by atoms with Crippen LogP contribution in [0.15, 0.2) is 23.0 Å². The minimum atomic E-state index is -1.04. The number of nitrogens with zero attached hydrogens (tertiary/aromatic N) is 1. The van der Waals surface area contributed by atoms with Crippen LogP contribution in [0, 0.1) is 19.8 Å². The van der Waals surface area contributed by atoms with Gasteiger partial charge in [-0.25, -0.2) is 0 Å². The normalized spacial score (nSPS) is 18.1. The van der Waals surface area contributed by atoms with Crippen LogP contribution in [0.4, 0.5) is 0 Å². The molecule has 1 fully saturated rings. The zero-order valence-electron chi connectivity index (χ0n) is 20.2. The Morgan fingerprint density at radius 3 is 2.39 bits per heavy atom. The van der Waals surface area contributed by atoms with E-state index in [1.807, 2.05) is 25.1 Å². The Hall–Kier alpha value is -3.09. The molecule has 1 aromatic carbocycles. The van der Waals surface area contributed by atoms with E-state index in [1.165, 1.54) is 11.6 Å². The summed E-state index contributed by atoms with van der Waals surface area (Å²) in [5.41, 5.74) is 2.70. The summed E-state index contributed by atoms with van der Waals surface area (Å²) in [5.74, 6) is -0.0168. The Balaban J connectivity index is 2.08. The van der Waals surface area contributed by atoms with Gasteiger partial charge in [0.05, 0.1) is 13.5 Å². The van der Waals surface area contributed by atoms with Crippen molar-refractivity contribution in [2.75, 3.05) is 7.11 Å². The zero-order valence-corrected chi connectivity index (χ0v) is 20.2. The van der Waals surface area contributed by atoms with Crippen LogP contribution in [0.25, 0.3) is 11.1 Å². The van der Waals surface area contributed by atoms with E-state index in [4.69, 9.17) is 4.74 Å². The third kappa shape index (κ3) is 5.13. The van der Waals surface area contributed by atoms with Crippen LogP contribution in [-0.2, 0) is 18.3 Å². The quantitative estimate of drug-likeness (QED) is 0.659. The Bertz CT molecular complexity index is 1110. The fourth-order valence-corrected chi connectivity index (χ4v) is 4.97. The third-order valence-electron chi connectivity index (χ3n) is 6.95. The van der Waals surface area contributed by atoms with Gasteiger partial charge in [-0.15, -0.1) is 0 Å². The summed E-state index contributed by atoms with van der Waals surface area (Å²) in [6, 6.07) is 5.59. The van der Waals surface area contributed by atoms with Crippen molar-refractivity contribution < 1.29 is 19.4 Å². The molecule has 7 nitrogen and oxygen atoms in total. The van der Waals surface area contributed by atoms with E-state index in [-0.39, 0.29) is 23.9 Å². The van der Waals surface area contributed by atoms with Crippen LogP contribution in [0.2, 0.25) is 0 Å². The number of aryl methyl sites for hydroxylation is 1. The molecule has 0 aliphatic heterocycles. The highest BCUT2D eigenvalue weighted by Crippen LogP contribution is 2.32. The molecule has 7 heteroatoms. The lowest BCUT2D eigenvalue weighted by Crippen LogP contribution is -2.41. The Labute approximate surface area is 194 Å². The number of nitrogens with one attached hydrogen (secondary N) is 1. The molecule has 2 N–H and O–H groups in total. The predicted octanol–water partition coefficient (Wildman–Crippen LogP) is 4.00. The van der Waals surface area contributed by atoms with Crippen molar-refractivity contribution in [1.29, 1.82) is 0 Å². The van der Waals surface area contributed by atoms with Gasteiger partial charge in [0.2, 0.25) is 0 Å². The molecule has 33 heavy (non-hydrogen) atoms. The van der Waals surface area contributed by atoms with Gasteiger partial charge in [0.15, 0.2) is 0 Å². The molecular weight excluding hydrogens is 420 g/mol. The van der Waals surface area contributed by atoms with E-state index < -0.39 is 11.5 Å². The third-order valence-corrected chi connectivity index (χ3v) is 6.95. The monoisotopic (exact) mass is 454 g/mol. The van der Waals surface area contributed by atoms with Gasteiger partial charge in [0.25, 0.3) is 11.5 Å². The number of benzene rings is 1. The lowest BCUT2D eigenvalue weighted by Gasteiger charge is -2.29. The second kappa shape index (κ2) is 10.2. The second-order valence-corrected chi connectivity index (χ2v) is 9.04. The van der Waals surface area contributed by atoms with Crippen molar-refractivity contribution in [3.8, 4) is 16.9 Å². The number of ether oxygens (including phenoxy) is 1. The minimum Gasteiger partial charge on any atom is -0.496 e. The fourth-order valence-electron chi connectivity index (χ4n) is 4.97. The number of aromatic nitrogens is 1. The van der Waals surface area contributed by atoms with Crippen molar-refractivity contribution in [2.45, 2.75) is 65.3 Å². The first-order valence-electron chi connectivity index (χ1n) is 11.6. The van der Waals surface area contributed by atoms with Crippen LogP contribution < -0.4 is 15.6 Å². The van der Waals surface area contributed by atoms with Crippen molar-refractivity contribution >= 4 is 11.9 Å². The Kier molecular flexibility index (Phi) is 7.61. The molecule has 0 spiro atoms. The van der Waals surface area contributed by atoms with Gasteiger partial charge >= 0.3 is 5.97 Å². The Morgan fingerprint density at radius 1 is 1.18 bits per heavy atom. The molecule has 1 heterocycles. The molecule has 0 bridgehead atoms. The zero-order chi connectivity index (χ0) is 24.3. The number of hydrogen-bond donors (Lipinski definition) is 2. The number of hydrogen-bond acceptors (Lipinski definition) is 4. The number of aliphatic carboxylic acids is 1. The van der Waals surface area contributed by atoms with Crippen LogP contribution >= 0.6 is 0 Å². The molecule has 1 aliphatic carbocycles. The van der Waals surface area contributed by atoms with Crippen LogP contribution in [0.3, 0.4) is 0 Å². The topological polar surface area (TPSA) is 97.6 Å². The largest absolute Gasteiger partial charge is 0.496 e. The summed E-state index contributed by atoms with van der Waals surface area (Å²) in [6.07, 6.45) is 4.79. The predicted molar refractivity (Wildman–Crippen MR) is 128 cm³/mol. The first kappa shape index (κ1) is 24.6. The van der Waals surface area contributed by atoms with E-state index in [9.17, 15) is 19.5 Å². The van der Waals surface area contributed by atoms with Crippen molar-refractivity contribution in [3.63, 3.8) is 0 Å². The average molecular weight is 455 g/mol. The maximum atomic E-state index is 13.3. The standard InChI is InChI=1S/C26H34N2O5/c1-6-17-7-10-19(11-8-17)27-25(31)24-16(3)23(18-9-12-21(33-5)15(2)13-18)20(14-22(29)30)28(4)26(24)32/h9,12-13,17,19H,6-8,10-11,14H2,1-5H3,(H,27,31)(H,29,30). The van der Waals surface area contributed by atoms with E-state index in [0.29, 0.717) is 28.5 Å². The second-order valence-electron chi connectivity index (χ2n) is 9.04. The van der Waals surface area contributed by atoms with Crippen LogP contribution in [0.1, 0.15) is 66.2 Å². The highest BCUT2D eigenvalue weighted by atomic mass is 16.5. The van der Waals surface area contributed by atoms with Gasteiger partial charge in [-0.05, 0) is 74.3 Å². The number of pyridine rings is 1. The minimum absolute atomic E-state index is 0.0507. The van der Waals surface area contributed by atoms with Crippen molar-refractivity contribution in [2.24, 2.45) is 13.0 Å². The van der Waals surface area contributed by atoms with E-state index in [2.05, 4.69) is 12.2 Å². The molecule has 178 valence electrons. The maximum Gasteiger partial charge on any atom is 0.309 e. The molecule has 1 amide bonds. The number of amides is 1. The molecule has 1 aliphatic rings. The average Bonchev–Trinajstić information content (AvgIpc) is 2.77. The Morgan fingerprint density at radius 2 is 1.85 bits per heavy atom. The van der Waals surface area contributed by atoms with Gasteiger partial charge in [0, 0.05) is 24.3 Å². The van der Waals surface area contributed by atoms with Gasteiger partial charge < -0.3 is 19.7 Å². The first-order valence-corrected chi connectivity index (χ1v) is 11.6. The van der Waals surface area contributed by atoms with Gasteiger partial charge in [-0.1, -0.05) is 19.4 Å². The summed E-state index contributed by atoms with van der Waals surface area (Å²) in [5, 5.41) is 12.6. The van der Waals surface area contributed by atoms with E-state index >= 15 is 0 Å². The van der Waals surface area contributed by atoms with E-state index in [1.54, 1.807) is 14.0 Å². The molecule has 0 unspecified atom stereocenters. The number of carbonyl (C=O) groups is 2. The van der Waals surface area contributed by atoms with Gasteiger partial charge in [-0.2, -0.15) is 0 Å².